The van der Waals surface area contributed by atoms with Crippen molar-refractivity contribution in [1.82, 2.24) is 9.80 Å². The van der Waals surface area contributed by atoms with Crippen LogP contribution in [0.15, 0.2) is 18.2 Å². The number of carbonyl (C=O) groups excluding carboxylic acids is 2. The zero-order valence-electron chi connectivity index (χ0n) is 12.6. The third kappa shape index (κ3) is 3.96. The van der Waals surface area contributed by atoms with E-state index >= 15 is 0 Å². The quantitative estimate of drug-likeness (QED) is 0.923. The fourth-order valence-electron chi connectivity index (χ4n) is 2.42. The minimum absolute atomic E-state index is 0.0508. The van der Waals surface area contributed by atoms with Crippen molar-refractivity contribution in [2.75, 3.05) is 31.5 Å². The average Bonchev–Trinajstić information content (AvgIpc) is 2.49. The first-order valence-corrected chi connectivity index (χ1v) is 7.51. The van der Waals surface area contributed by atoms with Crippen molar-refractivity contribution in [2.24, 2.45) is 0 Å². The van der Waals surface area contributed by atoms with Gasteiger partial charge in [-0.25, -0.2) is 4.39 Å². The van der Waals surface area contributed by atoms with E-state index in [0.29, 0.717) is 31.9 Å². The fourth-order valence-corrected chi connectivity index (χ4v) is 2.63. The Morgan fingerprint density at radius 2 is 1.91 bits per heavy atom. The highest BCUT2D eigenvalue weighted by atomic mass is 35.5. The Hall–Kier alpha value is -1.66. The number of anilines is 1. The molecule has 1 atom stereocenters. The van der Waals surface area contributed by atoms with Crippen molar-refractivity contribution in [1.29, 1.82) is 0 Å². The summed E-state index contributed by atoms with van der Waals surface area (Å²) < 4.78 is 13.0. The normalized spacial score (nSPS) is 17.2. The van der Waals surface area contributed by atoms with Gasteiger partial charge in [0.15, 0.2) is 0 Å². The Morgan fingerprint density at radius 1 is 1.27 bits per heavy atom. The Kier molecular flexibility index (Phi) is 5.37. The molecule has 1 heterocycles. The molecule has 1 aliphatic heterocycles. The van der Waals surface area contributed by atoms with Crippen molar-refractivity contribution < 1.29 is 14.0 Å². The number of nitrogens with one attached hydrogen (secondary N) is 1. The zero-order chi connectivity index (χ0) is 16.3. The van der Waals surface area contributed by atoms with E-state index in [4.69, 9.17) is 11.6 Å². The van der Waals surface area contributed by atoms with E-state index in [2.05, 4.69) is 5.32 Å². The van der Waals surface area contributed by atoms with Gasteiger partial charge in [0.05, 0.1) is 16.8 Å². The van der Waals surface area contributed by atoms with Crippen LogP contribution in [-0.2, 0) is 9.59 Å². The van der Waals surface area contributed by atoms with Crippen LogP contribution in [0, 0.1) is 5.82 Å². The number of hydrogen-bond acceptors (Lipinski definition) is 3. The molecule has 2 amide bonds. The smallest absolute Gasteiger partial charge is 0.241 e. The molecule has 0 aromatic heterocycles. The maximum atomic E-state index is 13.0. The van der Waals surface area contributed by atoms with E-state index in [9.17, 15) is 14.0 Å². The van der Waals surface area contributed by atoms with Crippen molar-refractivity contribution >= 4 is 29.1 Å². The second kappa shape index (κ2) is 7.07. The summed E-state index contributed by atoms with van der Waals surface area (Å²) in [5.74, 6) is -0.601. The maximum absolute atomic E-state index is 13.0. The SMILES string of the molecule is CC(=O)N1CCN(C(C)C(=O)Nc2ccc(F)cc2Cl)CC1. The summed E-state index contributed by atoms with van der Waals surface area (Å²) in [6, 6.07) is 3.50. The van der Waals surface area contributed by atoms with Gasteiger partial charge in [-0.3, -0.25) is 14.5 Å². The molecular weight excluding hydrogens is 309 g/mol. The third-order valence-corrected chi connectivity index (χ3v) is 4.19. The molecule has 1 aromatic carbocycles. The topological polar surface area (TPSA) is 52.7 Å². The van der Waals surface area contributed by atoms with E-state index in [1.165, 1.54) is 12.1 Å². The van der Waals surface area contributed by atoms with Crippen LogP contribution in [0.2, 0.25) is 5.02 Å². The summed E-state index contributed by atoms with van der Waals surface area (Å²) in [5.41, 5.74) is 0.391. The molecular formula is C15H19ClFN3O2. The predicted molar refractivity (Wildman–Crippen MR) is 83.3 cm³/mol. The van der Waals surface area contributed by atoms with Crippen LogP contribution in [0.1, 0.15) is 13.8 Å². The molecule has 1 unspecified atom stereocenters. The van der Waals surface area contributed by atoms with Crippen molar-refractivity contribution in [3.05, 3.63) is 29.0 Å². The number of halogens is 2. The van der Waals surface area contributed by atoms with Crippen LogP contribution in [0.25, 0.3) is 0 Å². The lowest BCUT2D eigenvalue weighted by Gasteiger charge is -2.37. The number of hydrogen-bond donors (Lipinski definition) is 1. The lowest BCUT2D eigenvalue weighted by Crippen LogP contribution is -2.53. The standard InChI is InChI=1S/C15H19ClFN3O2/c1-10(19-5-7-20(8-6-19)11(2)21)15(22)18-14-4-3-12(17)9-13(14)16/h3-4,9-10H,5-8H2,1-2H3,(H,18,22). The average molecular weight is 328 g/mol. The summed E-state index contributed by atoms with van der Waals surface area (Å²) in [7, 11) is 0. The van der Waals surface area contributed by atoms with Gasteiger partial charge in [-0.05, 0) is 25.1 Å². The van der Waals surface area contributed by atoms with Gasteiger partial charge in [0.25, 0.3) is 0 Å². The van der Waals surface area contributed by atoms with Gasteiger partial charge in [-0.2, -0.15) is 0 Å². The monoisotopic (exact) mass is 327 g/mol. The maximum Gasteiger partial charge on any atom is 0.241 e. The molecule has 1 aromatic rings. The number of piperazine rings is 1. The van der Waals surface area contributed by atoms with Gasteiger partial charge >= 0.3 is 0 Å². The van der Waals surface area contributed by atoms with Crippen molar-refractivity contribution in [3.63, 3.8) is 0 Å². The van der Waals surface area contributed by atoms with Crippen LogP contribution in [0.5, 0.6) is 0 Å². The van der Waals surface area contributed by atoms with Crippen LogP contribution < -0.4 is 5.32 Å². The van der Waals surface area contributed by atoms with Crippen molar-refractivity contribution in [2.45, 2.75) is 19.9 Å². The van der Waals surface area contributed by atoms with Gasteiger partial charge in [0.2, 0.25) is 11.8 Å². The molecule has 1 N–H and O–H groups in total. The number of rotatable bonds is 3. The third-order valence-electron chi connectivity index (χ3n) is 3.88. The van der Waals surface area contributed by atoms with E-state index in [0.717, 1.165) is 6.07 Å². The highest BCUT2D eigenvalue weighted by Gasteiger charge is 2.26. The predicted octanol–water partition coefficient (Wildman–Crippen LogP) is 1.97. The molecule has 5 nitrogen and oxygen atoms in total. The zero-order valence-corrected chi connectivity index (χ0v) is 13.4. The second-order valence-electron chi connectivity index (χ2n) is 5.33. The molecule has 0 bridgehead atoms. The number of benzene rings is 1. The first-order chi connectivity index (χ1) is 10.4. The number of nitrogens with zero attached hydrogens (tertiary/aromatic N) is 2. The lowest BCUT2D eigenvalue weighted by atomic mass is 10.2. The minimum Gasteiger partial charge on any atom is -0.340 e. The fraction of sp³-hybridized carbons (Fsp3) is 0.467. The van der Waals surface area contributed by atoms with Gasteiger partial charge in [-0.15, -0.1) is 0 Å². The molecule has 0 aliphatic carbocycles. The Labute approximate surface area is 134 Å². The summed E-state index contributed by atoms with van der Waals surface area (Å²) >= 11 is 5.91. The van der Waals surface area contributed by atoms with E-state index in [1.807, 2.05) is 4.90 Å². The summed E-state index contributed by atoms with van der Waals surface area (Å²) in [6.07, 6.45) is 0. The van der Waals surface area contributed by atoms with E-state index in [-0.39, 0.29) is 22.9 Å². The molecule has 120 valence electrons. The van der Waals surface area contributed by atoms with Gasteiger partial charge in [0.1, 0.15) is 5.82 Å². The molecule has 1 fully saturated rings. The minimum atomic E-state index is -0.448. The Balaban J connectivity index is 1.94. The molecule has 1 saturated heterocycles. The van der Waals surface area contributed by atoms with Crippen LogP contribution in [0.4, 0.5) is 10.1 Å². The number of amides is 2. The van der Waals surface area contributed by atoms with Gasteiger partial charge in [0, 0.05) is 33.1 Å². The molecule has 0 spiro atoms. The molecule has 2 rings (SSSR count). The van der Waals surface area contributed by atoms with Crippen LogP contribution >= 0.6 is 11.6 Å². The summed E-state index contributed by atoms with van der Waals surface area (Å²) in [6.45, 7) is 5.86. The van der Waals surface area contributed by atoms with Crippen LogP contribution in [0.3, 0.4) is 0 Å². The Bertz CT molecular complexity index is 574. The molecule has 0 radical (unpaired) electrons. The summed E-state index contributed by atoms with van der Waals surface area (Å²) in [5, 5.41) is 2.88. The van der Waals surface area contributed by atoms with E-state index < -0.39 is 5.82 Å². The first kappa shape index (κ1) is 16.7. The molecule has 7 heteroatoms. The van der Waals surface area contributed by atoms with Crippen molar-refractivity contribution in [3.8, 4) is 0 Å². The van der Waals surface area contributed by atoms with E-state index in [1.54, 1.807) is 18.7 Å². The Morgan fingerprint density at radius 3 is 2.45 bits per heavy atom. The first-order valence-electron chi connectivity index (χ1n) is 7.14. The highest BCUT2D eigenvalue weighted by molar-refractivity contribution is 6.33. The second-order valence-corrected chi connectivity index (χ2v) is 5.74. The lowest BCUT2D eigenvalue weighted by molar-refractivity contribution is -0.131. The van der Waals surface area contributed by atoms with Gasteiger partial charge < -0.3 is 10.2 Å². The number of carbonyl (C=O) groups is 2. The van der Waals surface area contributed by atoms with Gasteiger partial charge in [-0.1, -0.05) is 11.6 Å². The molecule has 22 heavy (non-hydrogen) atoms. The highest BCUT2D eigenvalue weighted by Crippen LogP contribution is 2.23. The molecule has 0 saturated carbocycles. The summed E-state index contributed by atoms with van der Waals surface area (Å²) in [4.78, 5) is 27.3. The van der Waals surface area contributed by atoms with Crippen LogP contribution in [-0.4, -0.2) is 53.8 Å². The largest absolute Gasteiger partial charge is 0.340 e. The molecule has 1 aliphatic rings.